The van der Waals surface area contributed by atoms with Gasteiger partial charge in [0.1, 0.15) is 17.8 Å². The number of hydrogen-bond donors (Lipinski definition) is 3. The minimum Gasteiger partial charge on any atom is -0.379 e. The average molecular weight is 491 g/mol. The lowest BCUT2D eigenvalue weighted by Gasteiger charge is -2.26. The van der Waals surface area contributed by atoms with Crippen LogP contribution >= 0.6 is 0 Å². The third kappa shape index (κ3) is 4.42. The Kier molecular flexibility index (Phi) is 6.40. The van der Waals surface area contributed by atoms with Gasteiger partial charge in [0.25, 0.3) is 5.91 Å². The van der Waals surface area contributed by atoms with Crippen LogP contribution in [0.4, 0.5) is 5.82 Å². The second-order valence-electron chi connectivity index (χ2n) is 10.2. The summed E-state index contributed by atoms with van der Waals surface area (Å²) in [4.78, 5) is 27.7. The molecule has 1 aromatic carbocycles. The van der Waals surface area contributed by atoms with Crippen molar-refractivity contribution in [3.8, 4) is 11.4 Å². The van der Waals surface area contributed by atoms with Crippen molar-refractivity contribution in [2.24, 2.45) is 0 Å². The first kappa shape index (κ1) is 24.2. The maximum Gasteiger partial charge on any atom is 0.251 e. The van der Waals surface area contributed by atoms with Gasteiger partial charge >= 0.3 is 0 Å². The molecule has 36 heavy (non-hydrogen) atoms. The first-order valence-corrected chi connectivity index (χ1v) is 12.4. The number of aromatic amines is 1. The molecule has 0 atom stereocenters. The molecule has 1 saturated heterocycles. The zero-order valence-corrected chi connectivity index (χ0v) is 21.6. The third-order valence-corrected chi connectivity index (χ3v) is 6.71. The summed E-state index contributed by atoms with van der Waals surface area (Å²) in [6.45, 7) is 13.1. The summed E-state index contributed by atoms with van der Waals surface area (Å²) < 4.78 is 7.33. The van der Waals surface area contributed by atoms with Crippen LogP contribution < -0.4 is 10.6 Å². The van der Waals surface area contributed by atoms with Crippen molar-refractivity contribution in [2.45, 2.75) is 33.2 Å². The molecule has 3 N–H and O–H groups in total. The Hall–Kier alpha value is -3.50. The number of benzene rings is 1. The molecule has 4 heterocycles. The number of H-pyrrole nitrogens is 1. The van der Waals surface area contributed by atoms with Crippen LogP contribution in [0.1, 0.15) is 36.7 Å². The number of anilines is 1. The molecule has 1 aliphatic rings. The fourth-order valence-corrected chi connectivity index (χ4v) is 4.75. The van der Waals surface area contributed by atoms with Crippen molar-refractivity contribution in [2.75, 3.05) is 51.8 Å². The Labute approximate surface area is 210 Å². The molecule has 1 fully saturated rings. The van der Waals surface area contributed by atoms with Gasteiger partial charge in [0.2, 0.25) is 0 Å². The lowest BCUT2D eigenvalue weighted by atomic mass is 10.1. The molecule has 10 heteroatoms. The number of fused-ring (bicyclic) bond motifs is 2. The van der Waals surface area contributed by atoms with E-state index in [0.717, 1.165) is 77.6 Å². The van der Waals surface area contributed by atoms with Crippen LogP contribution in [0.5, 0.6) is 0 Å². The number of aromatic nitrogens is 5. The highest BCUT2D eigenvalue weighted by molar-refractivity contribution is 6.04. The van der Waals surface area contributed by atoms with Crippen LogP contribution in [0.15, 0.2) is 24.5 Å². The highest BCUT2D eigenvalue weighted by Crippen LogP contribution is 2.37. The molecule has 0 unspecified atom stereocenters. The van der Waals surface area contributed by atoms with Gasteiger partial charge in [-0.25, -0.2) is 14.6 Å². The van der Waals surface area contributed by atoms with Gasteiger partial charge in [0.15, 0.2) is 5.65 Å². The lowest BCUT2D eigenvalue weighted by Crippen LogP contribution is -2.41. The highest BCUT2D eigenvalue weighted by Gasteiger charge is 2.26. The van der Waals surface area contributed by atoms with Crippen molar-refractivity contribution in [3.05, 3.63) is 35.7 Å². The predicted molar refractivity (Wildman–Crippen MR) is 141 cm³/mol. The van der Waals surface area contributed by atoms with E-state index in [9.17, 15) is 4.79 Å². The normalized spacial score (nSPS) is 15.0. The molecular weight excluding hydrogens is 456 g/mol. The van der Waals surface area contributed by atoms with E-state index in [1.54, 1.807) is 6.33 Å². The summed E-state index contributed by atoms with van der Waals surface area (Å²) >= 11 is 0. The Morgan fingerprint density at radius 2 is 1.97 bits per heavy atom. The van der Waals surface area contributed by atoms with Crippen LogP contribution in [0, 0.1) is 6.92 Å². The highest BCUT2D eigenvalue weighted by atomic mass is 16.5. The molecular formula is C26H34N8O2. The number of morpholine rings is 1. The number of carbonyl (C=O) groups excluding carboxylic acids is 1. The van der Waals surface area contributed by atoms with E-state index in [2.05, 4.69) is 58.2 Å². The molecule has 1 aliphatic heterocycles. The van der Waals surface area contributed by atoms with E-state index < -0.39 is 0 Å². The minimum absolute atomic E-state index is 0.0766. The Balaban J connectivity index is 1.47. The zero-order valence-electron chi connectivity index (χ0n) is 21.6. The standard InChI is InChI=1S/C26H34N8O2/c1-16-18-7-6-17(25(35)28-8-9-33-10-12-36-13-11-33)14-19(18)31-21(16)22-20-23(27-5)29-15-30-24(20)34(32-22)26(2,3)4/h6-7,14-15,31H,8-13H2,1-5H3,(H,28,35)(H,27,29,30). The molecule has 1 amide bonds. The van der Waals surface area contributed by atoms with E-state index in [-0.39, 0.29) is 11.4 Å². The van der Waals surface area contributed by atoms with Crippen molar-refractivity contribution in [1.82, 2.24) is 34.9 Å². The Morgan fingerprint density at radius 3 is 2.69 bits per heavy atom. The number of ether oxygens (including phenoxy) is 1. The summed E-state index contributed by atoms with van der Waals surface area (Å²) in [5.41, 5.74) is 4.78. The average Bonchev–Trinajstić information content (AvgIpc) is 3.42. The first-order chi connectivity index (χ1) is 17.3. The lowest BCUT2D eigenvalue weighted by molar-refractivity contribution is 0.0383. The molecule has 0 spiro atoms. The van der Waals surface area contributed by atoms with Gasteiger partial charge in [-0.1, -0.05) is 6.07 Å². The van der Waals surface area contributed by atoms with Gasteiger partial charge in [-0.05, 0) is 45.4 Å². The first-order valence-electron chi connectivity index (χ1n) is 12.4. The van der Waals surface area contributed by atoms with Crippen LogP contribution in [0.2, 0.25) is 0 Å². The molecule has 4 aromatic rings. The fraction of sp³-hybridized carbons (Fsp3) is 0.462. The number of carbonyl (C=O) groups is 1. The maximum absolute atomic E-state index is 12.9. The van der Waals surface area contributed by atoms with Crippen LogP contribution in [-0.2, 0) is 10.3 Å². The van der Waals surface area contributed by atoms with Gasteiger partial charge in [0, 0.05) is 49.7 Å². The predicted octanol–water partition coefficient (Wildman–Crippen LogP) is 3.14. The number of nitrogens with zero attached hydrogens (tertiary/aromatic N) is 5. The van der Waals surface area contributed by atoms with Crippen molar-refractivity contribution < 1.29 is 9.53 Å². The van der Waals surface area contributed by atoms with Crippen molar-refractivity contribution in [1.29, 1.82) is 0 Å². The van der Waals surface area contributed by atoms with Crippen LogP contribution in [0.3, 0.4) is 0 Å². The monoisotopic (exact) mass is 490 g/mol. The number of amides is 1. The van der Waals surface area contributed by atoms with Crippen LogP contribution in [0.25, 0.3) is 33.3 Å². The Bertz CT molecular complexity index is 1410. The zero-order chi connectivity index (χ0) is 25.4. The van der Waals surface area contributed by atoms with E-state index in [4.69, 9.17) is 9.84 Å². The van der Waals surface area contributed by atoms with E-state index in [0.29, 0.717) is 12.1 Å². The minimum atomic E-state index is -0.262. The second kappa shape index (κ2) is 9.51. The van der Waals surface area contributed by atoms with Gasteiger partial charge in [-0.3, -0.25) is 9.69 Å². The molecule has 0 radical (unpaired) electrons. The van der Waals surface area contributed by atoms with Crippen molar-refractivity contribution in [3.63, 3.8) is 0 Å². The summed E-state index contributed by atoms with van der Waals surface area (Å²) in [6, 6.07) is 5.79. The SMILES string of the molecule is CNc1ncnc2c1c(-c1[nH]c3cc(C(=O)NCCN4CCOCC4)ccc3c1C)nn2C(C)(C)C. The molecule has 0 bridgehead atoms. The molecule has 5 rings (SSSR count). The maximum atomic E-state index is 12.9. The Morgan fingerprint density at radius 1 is 1.19 bits per heavy atom. The summed E-state index contributed by atoms with van der Waals surface area (Å²) in [5.74, 6) is 0.649. The molecule has 10 nitrogen and oxygen atoms in total. The fourth-order valence-electron chi connectivity index (χ4n) is 4.75. The molecule has 0 aliphatic carbocycles. The van der Waals surface area contributed by atoms with E-state index in [1.807, 2.05) is 29.9 Å². The molecule has 0 saturated carbocycles. The smallest absolute Gasteiger partial charge is 0.251 e. The van der Waals surface area contributed by atoms with Gasteiger partial charge in [-0.15, -0.1) is 0 Å². The molecule has 3 aromatic heterocycles. The summed E-state index contributed by atoms with van der Waals surface area (Å²) in [6.07, 6.45) is 1.56. The van der Waals surface area contributed by atoms with Crippen LogP contribution in [-0.4, -0.2) is 82.0 Å². The molecule has 190 valence electrons. The van der Waals surface area contributed by atoms with E-state index in [1.165, 1.54) is 0 Å². The summed E-state index contributed by atoms with van der Waals surface area (Å²) in [5, 5.41) is 13.1. The second-order valence-corrected chi connectivity index (χ2v) is 10.2. The number of aryl methyl sites for hydroxylation is 1. The van der Waals surface area contributed by atoms with Gasteiger partial charge in [0.05, 0.1) is 29.8 Å². The topological polar surface area (TPSA) is 113 Å². The van der Waals surface area contributed by atoms with Gasteiger partial charge in [-0.2, -0.15) is 5.10 Å². The quantitative estimate of drug-likeness (QED) is 0.381. The van der Waals surface area contributed by atoms with E-state index >= 15 is 0 Å². The number of hydrogen-bond acceptors (Lipinski definition) is 7. The van der Waals surface area contributed by atoms with Gasteiger partial charge < -0.3 is 20.4 Å². The number of rotatable bonds is 6. The third-order valence-electron chi connectivity index (χ3n) is 6.71. The summed E-state index contributed by atoms with van der Waals surface area (Å²) in [7, 11) is 1.85. The largest absolute Gasteiger partial charge is 0.379 e. The van der Waals surface area contributed by atoms with Crippen molar-refractivity contribution >= 4 is 33.7 Å². The number of nitrogens with one attached hydrogen (secondary N) is 3.